The molecule has 4 N–H and O–H groups in total. The average molecular weight is 158 g/mol. The quantitative estimate of drug-likeness (QED) is 0.333. The normalized spacial score (nSPS) is 13.3. The van der Waals surface area contributed by atoms with Crippen molar-refractivity contribution in [3.8, 4) is 0 Å². The van der Waals surface area contributed by atoms with E-state index >= 15 is 0 Å². The van der Waals surface area contributed by atoms with E-state index in [0.717, 1.165) is 6.42 Å². The van der Waals surface area contributed by atoms with Crippen LogP contribution in [0.2, 0.25) is 0 Å². The van der Waals surface area contributed by atoms with Gasteiger partial charge in [0.25, 0.3) is 0 Å². The summed E-state index contributed by atoms with van der Waals surface area (Å²) in [5.41, 5.74) is 10.1. The lowest BCUT2D eigenvalue weighted by Crippen LogP contribution is -2.22. The molecule has 0 bridgehead atoms. The highest BCUT2D eigenvalue weighted by Crippen LogP contribution is 1.91. The first kappa shape index (κ1) is 9.90. The SMILES string of the molecule is CCC(C=NN=C(N)N)OC. The maximum atomic E-state index is 5.03. The van der Waals surface area contributed by atoms with Crippen LogP contribution in [-0.2, 0) is 4.74 Å². The Bertz CT molecular complexity index is 147. The molecule has 0 aromatic carbocycles. The maximum absolute atomic E-state index is 5.03. The number of rotatable bonds is 4. The molecule has 0 saturated heterocycles. The molecular weight excluding hydrogens is 144 g/mol. The van der Waals surface area contributed by atoms with Crippen LogP contribution < -0.4 is 11.5 Å². The zero-order valence-electron chi connectivity index (χ0n) is 6.82. The van der Waals surface area contributed by atoms with Gasteiger partial charge in [0.05, 0.1) is 12.3 Å². The molecule has 0 heterocycles. The minimum absolute atomic E-state index is 0.0156. The molecule has 0 aromatic heterocycles. The lowest BCUT2D eigenvalue weighted by molar-refractivity contribution is 0.156. The molecule has 0 radical (unpaired) electrons. The predicted molar refractivity (Wildman–Crippen MR) is 45.4 cm³/mol. The molecule has 1 atom stereocenters. The van der Waals surface area contributed by atoms with Crippen molar-refractivity contribution >= 4 is 12.2 Å². The van der Waals surface area contributed by atoms with E-state index in [1.165, 1.54) is 0 Å². The smallest absolute Gasteiger partial charge is 0.211 e. The molecule has 0 aromatic rings. The van der Waals surface area contributed by atoms with Gasteiger partial charge in [0.1, 0.15) is 0 Å². The number of nitrogens with two attached hydrogens (primary N) is 2. The van der Waals surface area contributed by atoms with Crippen LogP contribution in [0.3, 0.4) is 0 Å². The summed E-state index contributed by atoms with van der Waals surface area (Å²) in [6.45, 7) is 1.98. The number of guanidine groups is 1. The van der Waals surface area contributed by atoms with Gasteiger partial charge in [-0.3, -0.25) is 0 Å². The van der Waals surface area contributed by atoms with Crippen molar-refractivity contribution in [1.29, 1.82) is 0 Å². The Kier molecular flexibility index (Phi) is 5.10. The average Bonchev–Trinajstić information content (AvgIpc) is 1.98. The van der Waals surface area contributed by atoms with Gasteiger partial charge in [0.15, 0.2) is 0 Å². The van der Waals surface area contributed by atoms with Gasteiger partial charge in [-0.2, -0.15) is 5.10 Å². The first-order chi connectivity index (χ1) is 5.20. The number of nitrogens with zero attached hydrogens (tertiary/aromatic N) is 2. The van der Waals surface area contributed by atoms with Crippen molar-refractivity contribution in [3.63, 3.8) is 0 Å². The Balaban J connectivity index is 3.80. The highest BCUT2D eigenvalue weighted by atomic mass is 16.5. The summed E-state index contributed by atoms with van der Waals surface area (Å²) < 4.78 is 4.98. The van der Waals surface area contributed by atoms with Crippen molar-refractivity contribution in [2.24, 2.45) is 21.7 Å². The Morgan fingerprint density at radius 2 is 2.27 bits per heavy atom. The van der Waals surface area contributed by atoms with Gasteiger partial charge < -0.3 is 16.2 Å². The van der Waals surface area contributed by atoms with Crippen molar-refractivity contribution in [1.82, 2.24) is 0 Å². The first-order valence-electron chi connectivity index (χ1n) is 3.35. The third-order valence-electron chi connectivity index (χ3n) is 1.11. The number of ether oxygens (including phenoxy) is 1. The summed E-state index contributed by atoms with van der Waals surface area (Å²) in [5, 5.41) is 7.02. The van der Waals surface area contributed by atoms with Gasteiger partial charge in [-0.1, -0.05) is 6.92 Å². The summed E-state index contributed by atoms with van der Waals surface area (Å²) in [6.07, 6.45) is 2.39. The minimum Gasteiger partial charge on any atom is -0.376 e. The molecule has 1 unspecified atom stereocenters. The first-order valence-corrected chi connectivity index (χ1v) is 3.35. The van der Waals surface area contributed by atoms with Gasteiger partial charge in [0, 0.05) is 7.11 Å². The highest BCUT2D eigenvalue weighted by Gasteiger charge is 1.96. The van der Waals surface area contributed by atoms with Crippen LogP contribution in [0.25, 0.3) is 0 Å². The molecule has 64 valence electrons. The van der Waals surface area contributed by atoms with Crippen LogP contribution in [0, 0.1) is 0 Å². The Hall–Kier alpha value is -1.10. The number of methoxy groups -OCH3 is 1. The lowest BCUT2D eigenvalue weighted by Gasteiger charge is -2.03. The summed E-state index contributed by atoms with van der Waals surface area (Å²) in [4.78, 5) is 0. The molecular formula is C6H14N4O. The van der Waals surface area contributed by atoms with E-state index < -0.39 is 0 Å². The van der Waals surface area contributed by atoms with Crippen LogP contribution >= 0.6 is 0 Å². The molecule has 5 heteroatoms. The van der Waals surface area contributed by atoms with Gasteiger partial charge in [0.2, 0.25) is 5.96 Å². The van der Waals surface area contributed by atoms with Crippen LogP contribution in [0.4, 0.5) is 0 Å². The largest absolute Gasteiger partial charge is 0.376 e. The van der Waals surface area contributed by atoms with E-state index in [1.807, 2.05) is 6.92 Å². The highest BCUT2D eigenvalue weighted by molar-refractivity contribution is 5.76. The topological polar surface area (TPSA) is 86.0 Å². The second kappa shape index (κ2) is 5.67. The molecule has 0 amide bonds. The second-order valence-electron chi connectivity index (χ2n) is 1.97. The van der Waals surface area contributed by atoms with Crippen molar-refractivity contribution in [3.05, 3.63) is 0 Å². The van der Waals surface area contributed by atoms with Gasteiger partial charge in [-0.15, -0.1) is 5.10 Å². The molecule has 0 aliphatic carbocycles. The third kappa shape index (κ3) is 5.35. The summed E-state index contributed by atoms with van der Waals surface area (Å²) >= 11 is 0. The second-order valence-corrected chi connectivity index (χ2v) is 1.97. The van der Waals surface area contributed by atoms with Crippen LogP contribution in [0.15, 0.2) is 10.2 Å². The van der Waals surface area contributed by atoms with E-state index in [1.54, 1.807) is 13.3 Å². The Labute approximate surface area is 66.1 Å². The Morgan fingerprint density at radius 3 is 2.64 bits per heavy atom. The molecule has 0 fully saturated rings. The van der Waals surface area contributed by atoms with Gasteiger partial charge in [-0.25, -0.2) is 0 Å². The van der Waals surface area contributed by atoms with Crippen LogP contribution in [0.5, 0.6) is 0 Å². The van der Waals surface area contributed by atoms with E-state index in [9.17, 15) is 0 Å². The van der Waals surface area contributed by atoms with Crippen molar-refractivity contribution < 1.29 is 4.74 Å². The van der Waals surface area contributed by atoms with E-state index in [2.05, 4.69) is 10.2 Å². The lowest BCUT2D eigenvalue weighted by atomic mass is 10.3. The molecule has 0 aliphatic heterocycles. The van der Waals surface area contributed by atoms with E-state index in [0.29, 0.717) is 0 Å². The zero-order chi connectivity index (χ0) is 8.69. The molecule has 0 saturated carbocycles. The zero-order valence-corrected chi connectivity index (χ0v) is 6.82. The van der Waals surface area contributed by atoms with Crippen molar-refractivity contribution in [2.45, 2.75) is 19.4 Å². The fraction of sp³-hybridized carbons (Fsp3) is 0.667. The van der Waals surface area contributed by atoms with Crippen molar-refractivity contribution in [2.75, 3.05) is 7.11 Å². The third-order valence-corrected chi connectivity index (χ3v) is 1.11. The summed E-state index contributed by atoms with van der Waals surface area (Å²) in [5.74, 6) is -0.0489. The molecule has 0 rings (SSSR count). The molecule has 0 spiro atoms. The molecule has 11 heavy (non-hydrogen) atoms. The number of hydrogen-bond acceptors (Lipinski definition) is 3. The monoisotopic (exact) mass is 158 g/mol. The van der Waals surface area contributed by atoms with E-state index in [4.69, 9.17) is 16.2 Å². The Morgan fingerprint density at radius 1 is 1.64 bits per heavy atom. The van der Waals surface area contributed by atoms with Gasteiger partial charge >= 0.3 is 0 Å². The maximum Gasteiger partial charge on any atom is 0.211 e. The standard InChI is InChI=1S/C6H14N4O/c1-3-5(11-2)4-9-10-6(7)8/h4-5H,3H2,1-2H3,(H4,7,8,10). The van der Waals surface area contributed by atoms with Gasteiger partial charge in [-0.05, 0) is 6.42 Å². The number of hydrogen-bond donors (Lipinski definition) is 2. The molecule has 0 aliphatic rings. The van der Waals surface area contributed by atoms with Crippen LogP contribution in [0.1, 0.15) is 13.3 Å². The summed E-state index contributed by atoms with van der Waals surface area (Å²) in [6, 6.07) is 0. The minimum atomic E-state index is -0.0489. The fourth-order valence-corrected chi connectivity index (χ4v) is 0.507. The van der Waals surface area contributed by atoms with E-state index in [-0.39, 0.29) is 12.1 Å². The van der Waals surface area contributed by atoms with Crippen LogP contribution in [-0.4, -0.2) is 25.4 Å². The molecule has 5 nitrogen and oxygen atoms in total. The summed E-state index contributed by atoms with van der Waals surface area (Å²) in [7, 11) is 1.61. The predicted octanol–water partition coefficient (Wildman–Crippen LogP) is -0.329. The fourth-order valence-electron chi connectivity index (χ4n) is 0.507.